The van der Waals surface area contributed by atoms with Gasteiger partial charge in [-0.05, 0) is 61.4 Å². The van der Waals surface area contributed by atoms with Gasteiger partial charge in [-0.2, -0.15) is 13.2 Å². The normalized spacial score (nSPS) is 20.4. The van der Waals surface area contributed by atoms with Crippen LogP contribution in [-0.4, -0.2) is 50.2 Å². The number of nitrogens with two attached hydrogens (primary N) is 1. The van der Waals surface area contributed by atoms with Crippen molar-refractivity contribution in [2.24, 2.45) is 11.1 Å². The van der Waals surface area contributed by atoms with E-state index in [1.54, 1.807) is 0 Å². The third-order valence-electron chi connectivity index (χ3n) is 7.53. The van der Waals surface area contributed by atoms with E-state index in [1.807, 2.05) is 0 Å². The number of fused-ring (bicyclic) bond motifs is 2. The lowest BCUT2D eigenvalue weighted by atomic mass is 9.84. The first-order chi connectivity index (χ1) is 17.1. The number of hydrogen-bond donors (Lipinski definition) is 3. The van der Waals surface area contributed by atoms with E-state index < -0.39 is 11.7 Å². The zero-order valence-electron chi connectivity index (χ0n) is 21.0. The third kappa shape index (κ3) is 5.58. The van der Waals surface area contributed by atoms with Gasteiger partial charge in [-0.25, -0.2) is 0 Å². The molecule has 0 spiro atoms. The van der Waals surface area contributed by atoms with E-state index in [1.165, 1.54) is 30.3 Å². The molecule has 5 nitrogen and oxygen atoms in total. The highest BCUT2D eigenvalue weighted by molar-refractivity contribution is 7.99. The largest absolute Gasteiger partial charge is 0.416 e. The molecule has 36 heavy (non-hydrogen) atoms. The molecule has 4 N–H and O–H groups in total. The Balaban J connectivity index is 1.40. The van der Waals surface area contributed by atoms with Crippen LogP contribution in [0.1, 0.15) is 45.1 Å². The van der Waals surface area contributed by atoms with Gasteiger partial charge in [0, 0.05) is 60.8 Å². The van der Waals surface area contributed by atoms with Gasteiger partial charge in [0.15, 0.2) is 0 Å². The molecule has 2 aromatic rings. The Morgan fingerprint density at radius 1 is 1.11 bits per heavy atom. The van der Waals surface area contributed by atoms with E-state index in [9.17, 15) is 13.2 Å². The summed E-state index contributed by atoms with van der Waals surface area (Å²) >= 11 is 1.42. The number of piperidine rings is 2. The van der Waals surface area contributed by atoms with Crippen molar-refractivity contribution in [1.29, 1.82) is 0 Å². The lowest BCUT2D eigenvalue weighted by Gasteiger charge is -2.40. The van der Waals surface area contributed by atoms with E-state index in [2.05, 4.69) is 52.5 Å². The predicted octanol–water partition coefficient (Wildman–Crippen LogP) is 6.38. The van der Waals surface area contributed by atoms with Crippen LogP contribution in [0, 0.1) is 5.41 Å². The van der Waals surface area contributed by atoms with E-state index >= 15 is 0 Å². The zero-order chi connectivity index (χ0) is 25.5. The monoisotopic (exact) mass is 519 g/mol. The number of likely N-dealkylation sites (tertiary alicyclic amines) is 1. The number of nitrogens with one attached hydrogen (secondary N) is 2. The van der Waals surface area contributed by atoms with Gasteiger partial charge in [-0.15, -0.1) is 0 Å². The molecular weight excluding hydrogens is 483 g/mol. The molecule has 196 valence electrons. The highest BCUT2D eigenvalue weighted by Gasteiger charge is 2.34. The zero-order valence-corrected chi connectivity index (χ0v) is 21.9. The maximum Gasteiger partial charge on any atom is 0.416 e. The van der Waals surface area contributed by atoms with Gasteiger partial charge in [0.2, 0.25) is 0 Å². The number of rotatable bonds is 5. The number of hydrogen-bond acceptors (Lipinski definition) is 6. The quantitative estimate of drug-likeness (QED) is 0.364. The predicted molar refractivity (Wildman–Crippen MR) is 143 cm³/mol. The lowest BCUT2D eigenvalue weighted by molar-refractivity contribution is -0.137. The molecule has 3 heterocycles. The number of alkyl halides is 3. The maximum atomic E-state index is 13.8. The molecule has 0 amide bonds. The first kappa shape index (κ1) is 25.5. The molecule has 0 saturated carbocycles. The first-order valence-electron chi connectivity index (χ1n) is 12.9. The average Bonchev–Trinajstić information content (AvgIpc) is 2.82. The summed E-state index contributed by atoms with van der Waals surface area (Å²) in [6.45, 7) is 9.85. The van der Waals surface area contributed by atoms with Gasteiger partial charge in [0.25, 0.3) is 0 Å². The third-order valence-corrected chi connectivity index (χ3v) is 8.63. The Bertz CT molecular complexity index is 1100. The molecular formula is C27H36F3N5S. The van der Waals surface area contributed by atoms with E-state index in [-0.39, 0.29) is 11.5 Å². The van der Waals surface area contributed by atoms with E-state index in [4.69, 9.17) is 5.73 Å². The summed E-state index contributed by atoms with van der Waals surface area (Å²) in [6, 6.07) is 8.98. The highest BCUT2D eigenvalue weighted by Crippen LogP contribution is 2.50. The number of benzene rings is 2. The van der Waals surface area contributed by atoms with Crippen LogP contribution in [-0.2, 0) is 6.18 Å². The smallest absolute Gasteiger partial charge is 0.380 e. The average molecular weight is 520 g/mol. The Labute approximate surface area is 216 Å². The summed E-state index contributed by atoms with van der Waals surface area (Å²) in [4.78, 5) is 6.28. The van der Waals surface area contributed by atoms with Crippen LogP contribution in [0.4, 0.5) is 35.9 Å². The minimum absolute atomic E-state index is 0.129. The Morgan fingerprint density at radius 3 is 2.58 bits per heavy atom. The van der Waals surface area contributed by atoms with E-state index in [0.29, 0.717) is 17.1 Å². The minimum atomic E-state index is -4.40. The summed E-state index contributed by atoms with van der Waals surface area (Å²) in [5.74, 6) is 0. The van der Waals surface area contributed by atoms with Crippen molar-refractivity contribution in [3.8, 4) is 0 Å². The minimum Gasteiger partial charge on any atom is -0.380 e. The molecule has 0 unspecified atom stereocenters. The number of halogens is 3. The number of nitrogens with zero attached hydrogens (tertiary/aromatic N) is 2. The van der Waals surface area contributed by atoms with Crippen molar-refractivity contribution in [3.63, 3.8) is 0 Å². The molecule has 5 rings (SSSR count). The second kappa shape index (κ2) is 9.99. The van der Waals surface area contributed by atoms with Crippen molar-refractivity contribution >= 4 is 34.5 Å². The van der Waals surface area contributed by atoms with Gasteiger partial charge in [0.05, 0.1) is 22.6 Å². The van der Waals surface area contributed by atoms with Crippen LogP contribution in [0.5, 0.6) is 0 Å². The molecule has 0 aromatic heterocycles. The molecule has 3 aliphatic rings. The van der Waals surface area contributed by atoms with Crippen molar-refractivity contribution in [1.82, 2.24) is 4.90 Å². The Kier molecular flexibility index (Phi) is 7.09. The molecule has 3 aliphatic heterocycles. The molecule has 0 atom stereocenters. The van der Waals surface area contributed by atoms with Crippen molar-refractivity contribution in [3.05, 3.63) is 35.9 Å². The Hall–Kier alpha value is -2.10. The second-order valence-electron chi connectivity index (χ2n) is 11.0. The molecule has 2 aromatic carbocycles. The van der Waals surface area contributed by atoms with Gasteiger partial charge in [-0.3, -0.25) is 0 Å². The Morgan fingerprint density at radius 2 is 1.89 bits per heavy atom. The first-order valence-corrected chi connectivity index (χ1v) is 13.7. The van der Waals surface area contributed by atoms with Crippen LogP contribution >= 0.6 is 11.8 Å². The van der Waals surface area contributed by atoms with Gasteiger partial charge in [0.1, 0.15) is 0 Å². The van der Waals surface area contributed by atoms with E-state index in [0.717, 1.165) is 73.9 Å². The standard InChI is InChI=1S/C27H36F3N5S/c1-26(2)8-3-10-35(17-26)20-4-5-21-23(16-20)36-24-15-18(27(28,29)30)14-22(25(24)33-21)32-19-6-11-34(12-7-19)13-9-31/h4-5,14-16,19,32-33H,3,6-13,17,31H2,1-2H3. The molecule has 2 fully saturated rings. The van der Waals surface area contributed by atoms with Gasteiger partial charge < -0.3 is 26.2 Å². The van der Waals surface area contributed by atoms with Crippen LogP contribution in [0.25, 0.3) is 0 Å². The molecule has 2 saturated heterocycles. The van der Waals surface area contributed by atoms with Crippen molar-refractivity contribution in [2.75, 3.05) is 54.8 Å². The summed E-state index contributed by atoms with van der Waals surface area (Å²) < 4.78 is 41.5. The van der Waals surface area contributed by atoms with Crippen LogP contribution in [0.3, 0.4) is 0 Å². The molecule has 0 bridgehead atoms. The van der Waals surface area contributed by atoms with Crippen LogP contribution in [0.2, 0.25) is 0 Å². The topological polar surface area (TPSA) is 56.6 Å². The van der Waals surface area contributed by atoms with Crippen LogP contribution in [0.15, 0.2) is 40.1 Å². The van der Waals surface area contributed by atoms with Crippen LogP contribution < -0.4 is 21.3 Å². The summed E-state index contributed by atoms with van der Waals surface area (Å²) in [6.07, 6.45) is -0.291. The number of anilines is 4. The molecule has 9 heteroatoms. The summed E-state index contributed by atoms with van der Waals surface area (Å²) in [7, 11) is 0. The van der Waals surface area contributed by atoms with Gasteiger partial charge >= 0.3 is 6.18 Å². The fourth-order valence-electron chi connectivity index (χ4n) is 5.60. The fourth-order valence-corrected chi connectivity index (χ4v) is 6.69. The second-order valence-corrected chi connectivity index (χ2v) is 12.1. The fraction of sp³-hybridized carbons (Fsp3) is 0.556. The summed E-state index contributed by atoms with van der Waals surface area (Å²) in [5, 5.41) is 6.90. The molecule has 0 radical (unpaired) electrons. The van der Waals surface area contributed by atoms with Crippen molar-refractivity contribution < 1.29 is 13.2 Å². The SMILES string of the molecule is CC1(C)CCCN(c2ccc3c(c2)Sc2cc(C(F)(F)F)cc(NC4CCN(CCN)CC4)c2N3)C1. The van der Waals surface area contributed by atoms with Gasteiger partial charge in [-0.1, -0.05) is 25.6 Å². The maximum absolute atomic E-state index is 13.8. The molecule has 0 aliphatic carbocycles. The lowest BCUT2D eigenvalue weighted by Crippen LogP contribution is -2.41. The highest BCUT2D eigenvalue weighted by atomic mass is 32.2. The van der Waals surface area contributed by atoms with Crippen molar-refractivity contribution in [2.45, 2.75) is 61.5 Å². The summed E-state index contributed by atoms with van der Waals surface area (Å²) in [5.41, 5.74) is 8.65.